The van der Waals surface area contributed by atoms with Crippen LogP contribution in [0.1, 0.15) is 31.1 Å². The maximum Gasteiger partial charge on any atom is 0.250 e. The lowest BCUT2D eigenvalue weighted by atomic mass is 10.1. The molecule has 0 saturated heterocycles. The Balaban J connectivity index is 3.12. The van der Waals surface area contributed by atoms with Gasteiger partial charge in [0.1, 0.15) is 0 Å². The van der Waals surface area contributed by atoms with Crippen molar-refractivity contribution in [3.05, 3.63) is 34.9 Å². The van der Waals surface area contributed by atoms with Gasteiger partial charge < -0.3 is 21.8 Å². The van der Waals surface area contributed by atoms with Crippen LogP contribution in [0, 0.1) is 5.41 Å². The van der Waals surface area contributed by atoms with Crippen LogP contribution in [0.2, 0.25) is 0 Å². The maximum atomic E-state index is 11.4. The molecule has 0 aliphatic carbocycles. The lowest BCUT2D eigenvalue weighted by molar-refractivity contribution is 0.100. The van der Waals surface area contributed by atoms with Gasteiger partial charge in [0.2, 0.25) is 0 Å². The van der Waals surface area contributed by atoms with Gasteiger partial charge in [-0.15, -0.1) is 12.6 Å². The number of benzene rings is 1. The molecular formula is C14H20N4OS. The number of hydrogen-bond acceptors (Lipinski definition) is 5. The first-order valence-electron chi connectivity index (χ1n) is 6.23. The largest absolute Gasteiger partial charge is 0.383 e. The van der Waals surface area contributed by atoms with E-state index in [0.717, 1.165) is 5.69 Å². The number of nitrogens with two attached hydrogens (primary N) is 1. The molecule has 0 aromatic heterocycles. The molecule has 0 heterocycles. The first-order valence-corrected chi connectivity index (χ1v) is 6.67. The Kier molecular flexibility index (Phi) is 5.64. The fraction of sp³-hybridized carbons (Fsp3) is 0.286. The molecule has 6 heteroatoms. The van der Waals surface area contributed by atoms with Crippen LogP contribution in [0.5, 0.6) is 0 Å². The standard InChI is InChI=1S/C14H20N4OS/c1-8(2)17-10-4-5-11(14(16)19)12(7-10)18-13(20)6-9(3)15/h4-8,15,17-18,20H,1-3H3,(H2,16,19)/b13-6-,15-9?. The van der Waals surface area contributed by atoms with Crippen LogP contribution < -0.4 is 16.4 Å². The number of thiol groups is 1. The number of allylic oxidation sites excluding steroid dienone is 1. The van der Waals surface area contributed by atoms with Crippen molar-refractivity contribution in [1.82, 2.24) is 0 Å². The van der Waals surface area contributed by atoms with E-state index in [1.54, 1.807) is 31.2 Å². The van der Waals surface area contributed by atoms with Crippen LogP contribution in [0.3, 0.4) is 0 Å². The highest BCUT2D eigenvalue weighted by Crippen LogP contribution is 2.23. The molecule has 1 rings (SSSR count). The van der Waals surface area contributed by atoms with E-state index in [2.05, 4.69) is 23.3 Å². The van der Waals surface area contributed by atoms with Gasteiger partial charge in [-0.25, -0.2) is 0 Å². The molecular weight excluding hydrogens is 272 g/mol. The number of carbonyl (C=O) groups excluding carboxylic acids is 1. The van der Waals surface area contributed by atoms with E-state index in [0.29, 0.717) is 22.0 Å². The molecule has 1 aromatic carbocycles. The third kappa shape index (κ3) is 4.97. The number of carbonyl (C=O) groups is 1. The van der Waals surface area contributed by atoms with Crippen molar-refractivity contribution < 1.29 is 4.79 Å². The molecule has 0 spiro atoms. The molecule has 5 N–H and O–H groups in total. The SMILES string of the molecule is CC(=N)/C=C(\S)Nc1cc(NC(C)C)ccc1C(N)=O. The fourth-order valence-electron chi connectivity index (χ4n) is 1.66. The van der Waals surface area contributed by atoms with Crippen LogP contribution in [-0.2, 0) is 0 Å². The maximum absolute atomic E-state index is 11.4. The van der Waals surface area contributed by atoms with Crippen LogP contribution >= 0.6 is 12.6 Å². The summed E-state index contributed by atoms with van der Waals surface area (Å²) in [6, 6.07) is 5.53. The zero-order valence-corrected chi connectivity index (χ0v) is 12.7. The van der Waals surface area contributed by atoms with Crippen LogP contribution in [0.15, 0.2) is 29.3 Å². The van der Waals surface area contributed by atoms with Gasteiger partial charge in [-0.05, 0) is 45.0 Å². The number of amides is 1. The topological polar surface area (TPSA) is 91.0 Å². The van der Waals surface area contributed by atoms with Crippen molar-refractivity contribution in [3.63, 3.8) is 0 Å². The van der Waals surface area contributed by atoms with E-state index in [1.807, 2.05) is 13.8 Å². The number of rotatable bonds is 6. The van der Waals surface area contributed by atoms with Crippen LogP contribution in [0.25, 0.3) is 0 Å². The van der Waals surface area contributed by atoms with Crippen molar-refractivity contribution in [1.29, 1.82) is 5.41 Å². The molecule has 20 heavy (non-hydrogen) atoms. The third-order valence-electron chi connectivity index (χ3n) is 2.36. The highest BCUT2D eigenvalue weighted by molar-refractivity contribution is 7.84. The van der Waals surface area contributed by atoms with E-state index in [9.17, 15) is 4.79 Å². The Morgan fingerprint density at radius 1 is 1.45 bits per heavy atom. The highest BCUT2D eigenvalue weighted by atomic mass is 32.1. The molecule has 5 nitrogen and oxygen atoms in total. The number of hydrogen-bond donors (Lipinski definition) is 5. The quantitative estimate of drug-likeness (QED) is 0.412. The normalized spacial score (nSPS) is 11.3. The lowest BCUT2D eigenvalue weighted by Gasteiger charge is -2.15. The summed E-state index contributed by atoms with van der Waals surface area (Å²) in [6.07, 6.45) is 1.55. The molecule has 0 saturated carbocycles. The van der Waals surface area contributed by atoms with Crippen molar-refractivity contribution in [2.45, 2.75) is 26.8 Å². The van der Waals surface area contributed by atoms with E-state index in [4.69, 9.17) is 11.1 Å². The van der Waals surface area contributed by atoms with E-state index < -0.39 is 5.91 Å². The molecule has 108 valence electrons. The van der Waals surface area contributed by atoms with Crippen LogP contribution in [0.4, 0.5) is 11.4 Å². The summed E-state index contributed by atoms with van der Waals surface area (Å²) in [6.45, 7) is 5.69. The van der Waals surface area contributed by atoms with Gasteiger partial charge in [-0.2, -0.15) is 0 Å². The summed E-state index contributed by atoms with van der Waals surface area (Å²) in [5, 5.41) is 14.1. The van der Waals surface area contributed by atoms with Crippen LogP contribution in [-0.4, -0.2) is 17.7 Å². The Bertz CT molecular complexity index is 552. The van der Waals surface area contributed by atoms with E-state index >= 15 is 0 Å². The number of anilines is 2. The Morgan fingerprint density at radius 2 is 2.10 bits per heavy atom. The molecule has 0 unspecified atom stereocenters. The molecule has 1 aromatic rings. The minimum atomic E-state index is -0.517. The molecule has 0 aliphatic rings. The van der Waals surface area contributed by atoms with Gasteiger partial charge in [0.25, 0.3) is 5.91 Å². The summed E-state index contributed by atoms with van der Waals surface area (Å²) < 4.78 is 0. The average molecular weight is 292 g/mol. The minimum absolute atomic E-state index is 0.275. The summed E-state index contributed by atoms with van der Waals surface area (Å²) in [7, 11) is 0. The highest BCUT2D eigenvalue weighted by Gasteiger charge is 2.10. The van der Waals surface area contributed by atoms with Crippen molar-refractivity contribution in [2.24, 2.45) is 5.73 Å². The Hall–Kier alpha value is -1.95. The number of primary amides is 1. The van der Waals surface area contributed by atoms with E-state index in [1.165, 1.54) is 0 Å². The van der Waals surface area contributed by atoms with Gasteiger partial charge in [-0.3, -0.25) is 4.79 Å². The second-order valence-corrected chi connectivity index (χ2v) is 5.24. The predicted molar refractivity (Wildman–Crippen MR) is 87.8 cm³/mol. The van der Waals surface area contributed by atoms with Crippen molar-refractivity contribution in [3.8, 4) is 0 Å². The molecule has 1 amide bonds. The molecule has 0 fully saturated rings. The van der Waals surface area contributed by atoms with Gasteiger partial charge in [-0.1, -0.05) is 0 Å². The molecule has 0 radical (unpaired) electrons. The lowest BCUT2D eigenvalue weighted by Crippen LogP contribution is -2.15. The van der Waals surface area contributed by atoms with E-state index in [-0.39, 0.29) is 6.04 Å². The predicted octanol–water partition coefficient (Wildman–Crippen LogP) is 2.83. The monoisotopic (exact) mass is 292 g/mol. The van der Waals surface area contributed by atoms with Gasteiger partial charge in [0.05, 0.1) is 16.3 Å². The van der Waals surface area contributed by atoms with Crippen molar-refractivity contribution in [2.75, 3.05) is 10.6 Å². The molecule has 0 aliphatic heterocycles. The second kappa shape index (κ2) is 7.00. The second-order valence-electron chi connectivity index (χ2n) is 4.76. The Labute approximate surface area is 124 Å². The fourth-order valence-corrected chi connectivity index (χ4v) is 1.98. The minimum Gasteiger partial charge on any atom is -0.383 e. The number of nitrogens with one attached hydrogen (secondary N) is 3. The van der Waals surface area contributed by atoms with Gasteiger partial charge >= 0.3 is 0 Å². The Morgan fingerprint density at radius 3 is 2.60 bits per heavy atom. The zero-order valence-electron chi connectivity index (χ0n) is 11.8. The molecule has 0 bridgehead atoms. The summed E-state index contributed by atoms with van der Waals surface area (Å²) in [4.78, 5) is 11.4. The average Bonchev–Trinajstić information content (AvgIpc) is 2.26. The smallest absolute Gasteiger partial charge is 0.250 e. The first-order chi connectivity index (χ1) is 9.29. The zero-order chi connectivity index (χ0) is 15.3. The third-order valence-corrected chi connectivity index (χ3v) is 2.60. The summed E-state index contributed by atoms with van der Waals surface area (Å²) in [5.74, 6) is -0.517. The summed E-state index contributed by atoms with van der Waals surface area (Å²) in [5.41, 5.74) is 7.53. The molecule has 0 atom stereocenters. The van der Waals surface area contributed by atoms with Crippen molar-refractivity contribution >= 4 is 35.6 Å². The van der Waals surface area contributed by atoms with Gasteiger partial charge in [0, 0.05) is 17.4 Å². The first kappa shape index (κ1) is 16.1. The van der Waals surface area contributed by atoms with Gasteiger partial charge in [0.15, 0.2) is 0 Å². The summed E-state index contributed by atoms with van der Waals surface area (Å²) >= 11 is 4.24.